The van der Waals surface area contributed by atoms with E-state index >= 15 is 0 Å². The second kappa shape index (κ2) is 6.47. The molecular formula is C13H18N4OS. The Balaban J connectivity index is 2.19. The number of anilines is 1. The molecular weight excluding hydrogens is 260 g/mol. The zero-order valence-corrected chi connectivity index (χ0v) is 12.1. The highest BCUT2D eigenvalue weighted by Gasteiger charge is 2.07. The van der Waals surface area contributed by atoms with Gasteiger partial charge in [0.1, 0.15) is 12.1 Å². The van der Waals surface area contributed by atoms with E-state index in [1.807, 2.05) is 12.1 Å². The molecule has 6 heteroatoms. The first-order valence-corrected chi connectivity index (χ1v) is 6.86. The van der Waals surface area contributed by atoms with Gasteiger partial charge in [-0.1, -0.05) is 6.92 Å². The normalized spacial score (nSPS) is 10.6. The Bertz CT molecular complexity index is 564. The Morgan fingerprint density at radius 2 is 2.26 bits per heavy atom. The van der Waals surface area contributed by atoms with Crippen molar-refractivity contribution in [3.8, 4) is 0 Å². The van der Waals surface area contributed by atoms with Crippen molar-refractivity contribution in [3.63, 3.8) is 0 Å². The predicted octanol–water partition coefficient (Wildman–Crippen LogP) is 2.89. The lowest BCUT2D eigenvalue weighted by Gasteiger charge is -2.19. The Hall–Kier alpha value is -1.69. The smallest absolute Gasteiger partial charge is 0.229 e. The van der Waals surface area contributed by atoms with Crippen LogP contribution >= 0.6 is 12.2 Å². The third-order valence-electron chi connectivity index (χ3n) is 2.82. The standard InChI is InChI=1S/C13H18N4OS/c1-3-7-16(4-2)12-14-10-17(13(19)15-12)9-11-6-5-8-18-11/h5-6,8,10H,3-4,7,9H2,1-2H3. The first-order chi connectivity index (χ1) is 9.24. The molecule has 0 aliphatic carbocycles. The summed E-state index contributed by atoms with van der Waals surface area (Å²) in [6, 6.07) is 3.76. The van der Waals surface area contributed by atoms with Crippen molar-refractivity contribution in [2.45, 2.75) is 26.8 Å². The van der Waals surface area contributed by atoms with Gasteiger partial charge in [-0.05, 0) is 37.7 Å². The van der Waals surface area contributed by atoms with Gasteiger partial charge in [0.15, 0.2) is 0 Å². The van der Waals surface area contributed by atoms with Gasteiger partial charge < -0.3 is 9.32 Å². The summed E-state index contributed by atoms with van der Waals surface area (Å²) in [6.07, 6.45) is 4.44. The van der Waals surface area contributed by atoms with Crippen LogP contribution in [-0.2, 0) is 6.54 Å². The molecule has 102 valence electrons. The minimum Gasteiger partial charge on any atom is -0.467 e. The molecule has 0 unspecified atom stereocenters. The summed E-state index contributed by atoms with van der Waals surface area (Å²) in [5.74, 6) is 1.54. The Kier molecular flexibility index (Phi) is 4.68. The topological polar surface area (TPSA) is 47.1 Å². The summed E-state index contributed by atoms with van der Waals surface area (Å²) in [5.41, 5.74) is 0. The van der Waals surface area contributed by atoms with Crippen LogP contribution in [0.4, 0.5) is 5.95 Å². The second-order valence-corrected chi connectivity index (χ2v) is 4.59. The van der Waals surface area contributed by atoms with Gasteiger partial charge in [0, 0.05) is 13.1 Å². The van der Waals surface area contributed by atoms with Gasteiger partial charge in [0.2, 0.25) is 10.7 Å². The highest BCUT2D eigenvalue weighted by Crippen LogP contribution is 2.08. The number of hydrogen-bond donors (Lipinski definition) is 0. The largest absolute Gasteiger partial charge is 0.467 e. The third kappa shape index (κ3) is 3.41. The Morgan fingerprint density at radius 1 is 1.42 bits per heavy atom. The lowest BCUT2D eigenvalue weighted by Crippen LogP contribution is -2.26. The van der Waals surface area contributed by atoms with Crippen LogP contribution in [0.1, 0.15) is 26.0 Å². The zero-order chi connectivity index (χ0) is 13.7. The molecule has 5 nitrogen and oxygen atoms in total. The van der Waals surface area contributed by atoms with Crippen molar-refractivity contribution in [2.24, 2.45) is 0 Å². The van der Waals surface area contributed by atoms with Gasteiger partial charge in [-0.2, -0.15) is 4.98 Å². The van der Waals surface area contributed by atoms with E-state index in [9.17, 15) is 0 Å². The molecule has 0 aliphatic heterocycles. The molecule has 0 N–H and O–H groups in total. The maximum Gasteiger partial charge on any atom is 0.229 e. The van der Waals surface area contributed by atoms with Gasteiger partial charge in [-0.3, -0.25) is 4.57 Å². The molecule has 0 radical (unpaired) electrons. The van der Waals surface area contributed by atoms with E-state index in [0.29, 0.717) is 17.3 Å². The molecule has 0 fully saturated rings. The first kappa shape index (κ1) is 13.7. The molecule has 19 heavy (non-hydrogen) atoms. The highest BCUT2D eigenvalue weighted by molar-refractivity contribution is 7.71. The second-order valence-electron chi connectivity index (χ2n) is 4.23. The summed E-state index contributed by atoms with van der Waals surface area (Å²) in [4.78, 5) is 10.9. The fourth-order valence-corrected chi connectivity index (χ4v) is 2.04. The van der Waals surface area contributed by atoms with E-state index in [2.05, 4.69) is 28.7 Å². The van der Waals surface area contributed by atoms with Gasteiger partial charge in [-0.15, -0.1) is 0 Å². The monoisotopic (exact) mass is 278 g/mol. The van der Waals surface area contributed by atoms with E-state index in [-0.39, 0.29) is 0 Å². The molecule has 0 saturated carbocycles. The first-order valence-electron chi connectivity index (χ1n) is 6.45. The van der Waals surface area contributed by atoms with Crippen LogP contribution in [0.3, 0.4) is 0 Å². The lowest BCUT2D eigenvalue weighted by atomic mass is 10.4. The van der Waals surface area contributed by atoms with E-state index < -0.39 is 0 Å². The van der Waals surface area contributed by atoms with Crippen LogP contribution < -0.4 is 4.90 Å². The summed E-state index contributed by atoms with van der Waals surface area (Å²) in [7, 11) is 0. The van der Waals surface area contributed by atoms with Crippen LogP contribution in [0.2, 0.25) is 0 Å². The van der Waals surface area contributed by atoms with Crippen LogP contribution in [0.5, 0.6) is 0 Å². The van der Waals surface area contributed by atoms with Crippen molar-refractivity contribution in [3.05, 3.63) is 35.3 Å². The summed E-state index contributed by atoms with van der Waals surface area (Å²) < 4.78 is 7.62. The lowest BCUT2D eigenvalue weighted by molar-refractivity contribution is 0.487. The summed E-state index contributed by atoms with van der Waals surface area (Å²) in [6.45, 7) is 6.60. The van der Waals surface area contributed by atoms with Gasteiger partial charge in [0.05, 0.1) is 12.8 Å². The van der Waals surface area contributed by atoms with Gasteiger partial charge in [0.25, 0.3) is 0 Å². The maximum absolute atomic E-state index is 5.31. The van der Waals surface area contributed by atoms with Crippen LogP contribution in [0.15, 0.2) is 29.1 Å². The summed E-state index contributed by atoms with van der Waals surface area (Å²) >= 11 is 5.31. The van der Waals surface area contributed by atoms with Crippen molar-refractivity contribution >= 4 is 18.2 Å². The molecule has 0 bridgehead atoms. The van der Waals surface area contributed by atoms with Gasteiger partial charge in [-0.25, -0.2) is 4.98 Å². The van der Waals surface area contributed by atoms with Crippen LogP contribution in [0, 0.1) is 4.77 Å². The van der Waals surface area contributed by atoms with Crippen LogP contribution in [0.25, 0.3) is 0 Å². The molecule has 0 aromatic carbocycles. The average Bonchev–Trinajstić information content (AvgIpc) is 2.91. The van der Waals surface area contributed by atoms with Gasteiger partial charge >= 0.3 is 0 Å². The Morgan fingerprint density at radius 3 is 2.84 bits per heavy atom. The molecule has 0 spiro atoms. The van der Waals surface area contributed by atoms with E-state index in [1.54, 1.807) is 17.2 Å². The number of rotatable bonds is 6. The quantitative estimate of drug-likeness (QED) is 0.760. The van der Waals surface area contributed by atoms with Crippen molar-refractivity contribution in [1.82, 2.24) is 14.5 Å². The molecule has 0 atom stereocenters. The highest BCUT2D eigenvalue weighted by atomic mass is 32.1. The fraction of sp³-hybridized carbons (Fsp3) is 0.462. The maximum atomic E-state index is 5.31. The molecule has 0 aliphatic rings. The van der Waals surface area contributed by atoms with Crippen LogP contribution in [-0.4, -0.2) is 27.6 Å². The fourth-order valence-electron chi connectivity index (χ4n) is 1.85. The molecule has 0 saturated heterocycles. The van der Waals surface area contributed by atoms with E-state index in [0.717, 1.165) is 25.3 Å². The SMILES string of the molecule is CCCN(CC)c1ncn(Cc2ccco2)c(=S)n1. The number of furan rings is 1. The predicted molar refractivity (Wildman–Crippen MR) is 76.8 cm³/mol. The minimum atomic E-state index is 0.524. The van der Waals surface area contributed by atoms with E-state index in [4.69, 9.17) is 16.6 Å². The molecule has 2 aromatic rings. The van der Waals surface area contributed by atoms with Crippen molar-refractivity contribution in [1.29, 1.82) is 0 Å². The average molecular weight is 278 g/mol. The number of aromatic nitrogens is 3. The Labute approximate surface area is 117 Å². The molecule has 2 heterocycles. The van der Waals surface area contributed by atoms with Crippen molar-refractivity contribution in [2.75, 3.05) is 18.0 Å². The zero-order valence-electron chi connectivity index (χ0n) is 11.2. The molecule has 2 rings (SSSR count). The third-order valence-corrected chi connectivity index (χ3v) is 3.14. The molecule has 2 aromatic heterocycles. The summed E-state index contributed by atoms with van der Waals surface area (Å²) in [5, 5.41) is 0. The number of nitrogens with zero attached hydrogens (tertiary/aromatic N) is 4. The van der Waals surface area contributed by atoms with Crippen molar-refractivity contribution < 1.29 is 4.42 Å². The number of hydrogen-bond acceptors (Lipinski definition) is 5. The molecule has 0 amide bonds. The minimum absolute atomic E-state index is 0.524. The van der Waals surface area contributed by atoms with E-state index in [1.165, 1.54) is 0 Å².